The van der Waals surface area contributed by atoms with Gasteiger partial charge in [-0.1, -0.05) is 17.7 Å². The first-order valence-electron chi connectivity index (χ1n) is 17.2. The summed E-state index contributed by atoms with van der Waals surface area (Å²) >= 11 is 6.80. The maximum Gasteiger partial charge on any atom is 0.414 e. The molecule has 1 spiro atoms. The van der Waals surface area contributed by atoms with E-state index < -0.39 is 40.7 Å². The minimum absolute atomic E-state index is 0.130. The quantitative estimate of drug-likeness (QED) is 0.167. The monoisotopic (exact) mass is 746 g/mol. The molecule has 0 bridgehead atoms. The second-order valence-corrected chi connectivity index (χ2v) is 16.2. The molecule has 0 radical (unpaired) electrons. The summed E-state index contributed by atoms with van der Waals surface area (Å²) in [6.07, 6.45) is 3.46. The summed E-state index contributed by atoms with van der Waals surface area (Å²) in [5.41, 5.74) is 0.349. The SMILES string of the molecule is CN(C(=O)OC(C)(C)C)c1cc(F)c(Cl)c2c1[nH]c1ncc(-c3ccc4ccc(C(=O)O)c(=O)n4c3)c(N3CC[C@@]4(C[C@@H]4NC(=O)OC(C)(C)C)C3)c12. The Morgan fingerprint density at radius 1 is 1.09 bits per heavy atom. The van der Waals surface area contributed by atoms with Crippen molar-refractivity contribution in [3.05, 3.63) is 69.5 Å². The lowest BCUT2D eigenvalue weighted by Crippen LogP contribution is -2.36. The number of anilines is 2. The van der Waals surface area contributed by atoms with Crippen LogP contribution >= 0.6 is 11.6 Å². The molecule has 2 amide bonds. The van der Waals surface area contributed by atoms with Gasteiger partial charge in [0.05, 0.1) is 27.3 Å². The van der Waals surface area contributed by atoms with Crippen molar-refractivity contribution >= 4 is 68.6 Å². The molecule has 5 heterocycles. The highest BCUT2D eigenvalue weighted by Gasteiger charge is 2.59. The van der Waals surface area contributed by atoms with Crippen molar-refractivity contribution in [3.8, 4) is 11.1 Å². The molecular weight excluding hydrogens is 707 g/mol. The first-order valence-corrected chi connectivity index (χ1v) is 17.6. The van der Waals surface area contributed by atoms with Crippen molar-refractivity contribution in [2.75, 3.05) is 29.9 Å². The normalized spacial score (nSPS) is 18.6. The predicted molar refractivity (Wildman–Crippen MR) is 200 cm³/mol. The number of amides is 2. The fraction of sp³-hybridized carbons (Fsp3) is 0.395. The Labute approximate surface area is 308 Å². The van der Waals surface area contributed by atoms with E-state index in [0.29, 0.717) is 57.4 Å². The predicted octanol–water partition coefficient (Wildman–Crippen LogP) is 7.35. The molecule has 13 nitrogen and oxygen atoms in total. The van der Waals surface area contributed by atoms with Crippen LogP contribution in [0.25, 0.3) is 38.6 Å². The number of halogens is 2. The Morgan fingerprint density at radius 2 is 1.79 bits per heavy atom. The van der Waals surface area contributed by atoms with E-state index in [1.165, 1.54) is 28.5 Å². The van der Waals surface area contributed by atoms with Gasteiger partial charge in [-0.25, -0.2) is 23.8 Å². The van der Waals surface area contributed by atoms with Gasteiger partial charge in [0.2, 0.25) is 0 Å². The third-order valence-corrected chi connectivity index (χ3v) is 10.1. The first-order chi connectivity index (χ1) is 24.8. The average molecular weight is 747 g/mol. The van der Waals surface area contributed by atoms with Crippen molar-refractivity contribution in [1.29, 1.82) is 0 Å². The molecule has 3 N–H and O–H groups in total. The number of nitrogens with zero attached hydrogens (tertiary/aromatic N) is 4. The fourth-order valence-corrected chi connectivity index (χ4v) is 7.46. The Morgan fingerprint density at radius 3 is 2.47 bits per heavy atom. The van der Waals surface area contributed by atoms with E-state index in [1.54, 1.807) is 72.1 Å². The Kier molecular flexibility index (Phi) is 8.40. The molecule has 0 unspecified atom stereocenters. The smallest absolute Gasteiger partial charge is 0.414 e. The van der Waals surface area contributed by atoms with Gasteiger partial charge in [0.15, 0.2) is 0 Å². The number of H-pyrrole nitrogens is 1. The molecule has 7 rings (SSSR count). The highest BCUT2D eigenvalue weighted by Crippen LogP contribution is 2.56. The van der Waals surface area contributed by atoms with E-state index in [9.17, 15) is 24.3 Å². The third kappa shape index (κ3) is 6.49. The zero-order valence-corrected chi connectivity index (χ0v) is 31.1. The standard InChI is InChI=1S/C38H40ClFN6O7/c1-36(2,3)52-34(50)42-25-15-38(25)12-13-45(18-38)30-22(19-8-9-20-10-11-21(33(48)49)32(47)46(20)17-19)16-41-31-27(30)26-28(39)23(40)14-24(29(26)43-31)44(7)35(51)53-37(4,5)6/h8-11,14,16-17,25H,12-13,15,18H2,1-7H3,(H,41,43)(H,42,50)(H,48,49)/t25-,38+/m0/s1. The van der Waals surface area contributed by atoms with Crippen molar-refractivity contribution in [2.24, 2.45) is 5.41 Å². The second-order valence-electron chi connectivity index (χ2n) is 15.9. The number of hydrogen-bond acceptors (Lipinski definition) is 8. The number of carbonyl (C=O) groups excluding carboxylic acids is 2. The number of alkyl carbamates (subject to hydrolysis) is 1. The number of fused-ring (bicyclic) bond motifs is 4. The van der Waals surface area contributed by atoms with E-state index in [4.69, 9.17) is 26.1 Å². The number of ether oxygens (including phenoxy) is 2. The maximum atomic E-state index is 15.9. The van der Waals surface area contributed by atoms with Gasteiger partial charge >= 0.3 is 18.2 Å². The zero-order chi connectivity index (χ0) is 38.4. The number of aromatic nitrogens is 3. The molecule has 5 aromatic rings. The number of aromatic amines is 1. The summed E-state index contributed by atoms with van der Waals surface area (Å²) in [4.78, 5) is 62.4. The van der Waals surface area contributed by atoms with Crippen LogP contribution < -0.4 is 20.7 Å². The van der Waals surface area contributed by atoms with Crippen molar-refractivity contribution in [2.45, 2.75) is 71.6 Å². The fourth-order valence-electron chi connectivity index (χ4n) is 7.21. The van der Waals surface area contributed by atoms with Crippen LogP contribution in [0.4, 0.5) is 25.4 Å². The van der Waals surface area contributed by atoms with Gasteiger partial charge in [0, 0.05) is 72.1 Å². The lowest BCUT2D eigenvalue weighted by atomic mass is 10.0. The molecule has 1 aliphatic carbocycles. The van der Waals surface area contributed by atoms with E-state index in [1.807, 2.05) is 0 Å². The Bertz CT molecular complexity index is 2430. The van der Waals surface area contributed by atoms with Crippen molar-refractivity contribution in [1.82, 2.24) is 19.7 Å². The molecule has 4 aromatic heterocycles. The maximum absolute atomic E-state index is 15.9. The summed E-state index contributed by atoms with van der Waals surface area (Å²) in [5.74, 6) is -2.11. The first kappa shape index (κ1) is 36.0. The number of pyridine rings is 3. The number of carboxylic acids is 1. The van der Waals surface area contributed by atoms with Gasteiger partial charge in [-0.15, -0.1) is 0 Å². The minimum Gasteiger partial charge on any atom is -0.477 e. The Hall–Kier alpha value is -5.37. The van der Waals surface area contributed by atoms with Gasteiger partial charge in [-0.3, -0.25) is 14.1 Å². The topological polar surface area (TPSA) is 159 Å². The molecule has 1 aliphatic heterocycles. The summed E-state index contributed by atoms with van der Waals surface area (Å²) < 4.78 is 28.2. The van der Waals surface area contributed by atoms with Crippen LogP contribution in [-0.4, -0.2) is 75.0 Å². The number of carboxylic acid groups (broad SMARTS) is 1. The van der Waals surface area contributed by atoms with Crippen LogP contribution in [-0.2, 0) is 9.47 Å². The molecule has 2 fully saturated rings. The van der Waals surface area contributed by atoms with Crippen LogP contribution in [0.2, 0.25) is 5.02 Å². The molecule has 1 saturated heterocycles. The molecule has 53 heavy (non-hydrogen) atoms. The number of carbonyl (C=O) groups is 3. The summed E-state index contributed by atoms with van der Waals surface area (Å²) in [6, 6.07) is 7.37. The number of hydrogen-bond donors (Lipinski definition) is 3. The van der Waals surface area contributed by atoms with Crippen LogP contribution in [0.15, 0.2) is 47.5 Å². The van der Waals surface area contributed by atoms with Crippen LogP contribution in [0.1, 0.15) is 64.7 Å². The molecule has 15 heteroatoms. The van der Waals surface area contributed by atoms with Gasteiger partial charge in [-0.05, 0) is 72.6 Å². The van der Waals surface area contributed by atoms with Gasteiger partial charge < -0.3 is 29.8 Å². The number of aromatic carboxylic acids is 1. The molecule has 2 atom stereocenters. The van der Waals surface area contributed by atoms with E-state index in [2.05, 4.69) is 15.2 Å². The molecule has 2 aliphatic rings. The highest BCUT2D eigenvalue weighted by molar-refractivity contribution is 6.40. The zero-order valence-electron chi connectivity index (χ0n) is 30.4. The molecular formula is C38H40ClFN6O7. The lowest BCUT2D eigenvalue weighted by Gasteiger charge is -2.25. The second kappa shape index (κ2) is 12.4. The number of rotatable bonds is 5. The third-order valence-electron chi connectivity index (χ3n) is 9.75. The van der Waals surface area contributed by atoms with Crippen LogP contribution in [0.3, 0.4) is 0 Å². The van der Waals surface area contributed by atoms with Gasteiger partial charge in [0.1, 0.15) is 28.2 Å². The Balaban J connectivity index is 1.41. The largest absolute Gasteiger partial charge is 0.477 e. The minimum atomic E-state index is -1.34. The summed E-state index contributed by atoms with van der Waals surface area (Å²) in [6.45, 7) is 11.7. The van der Waals surface area contributed by atoms with Gasteiger partial charge in [-0.2, -0.15) is 0 Å². The number of benzene rings is 1. The number of nitrogens with one attached hydrogen (secondary N) is 2. The lowest BCUT2D eigenvalue weighted by molar-refractivity contribution is 0.0514. The summed E-state index contributed by atoms with van der Waals surface area (Å²) in [5, 5.41) is 13.3. The van der Waals surface area contributed by atoms with E-state index in [0.717, 1.165) is 12.8 Å². The van der Waals surface area contributed by atoms with Crippen LogP contribution in [0.5, 0.6) is 0 Å². The highest BCUT2D eigenvalue weighted by atomic mass is 35.5. The van der Waals surface area contributed by atoms with Crippen molar-refractivity contribution < 1.29 is 33.4 Å². The summed E-state index contributed by atoms with van der Waals surface area (Å²) in [7, 11) is 1.48. The van der Waals surface area contributed by atoms with Crippen LogP contribution in [0, 0.1) is 11.2 Å². The average Bonchev–Trinajstić information content (AvgIpc) is 3.35. The van der Waals surface area contributed by atoms with Crippen molar-refractivity contribution in [3.63, 3.8) is 0 Å². The molecule has 1 saturated carbocycles. The van der Waals surface area contributed by atoms with E-state index in [-0.39, 0.29) is 27.7 Å². The van der Waals surface area contributed by atoms with Gasteiger partial charge in [0.25, 0.3) is 5.56 Å². The van der Waals surface area contributed by atoms with E-state index >= 15 is 4.39 Å². The molecule has 1 aromatic carbocycles. The molecule has 278 valence electrons.